The van der Waals surface area contributed by atoms with Crippen LogP contribution in [0.2, 0.25) is 0 Å². The largest absolute Gasteiger partial charge is 0.492 e. The smallest absolute Gasteiger partial charge is 0.194 e. The maximum absolute atomic E-state index is 6.11. The SMILES string of the molecule is CCNC(=NCc1ccccc1OCCN(CC)CC)N1CCOC(c2cnn(C)c2)C1.I. The topological polar surface area (TPSA) is 67.2 Å². The number of ether oxygens (including phenoxy) is 2. The summed E-state index contributed by atoms with van der Waals surface area (Å²) in [4.78, 5) is 9.58. The number of guanidine groups is 1. The minimum Gasteiger partial charge on any atom is -0.492 e. The van der Waals surface area contributed by atoms with E-state index in [-0.39, 0.29) is 30.1 Å². The lowest BCUT2D eigenvalue weighted by Crippen LogP contribution is -2.48. The minimum absolute atomic E-state index is 0. The van der Waals surface area contributed by atoms with E-state index in [2.05, 4.69) is 47.1 Å². The highest BCUT2D eigenvalue weighted by Crippen LogP contribution is 2.23. The molecule has 1 aliphatic heterocycles. The zero-order chi connectivity index (χ0) is 22.8. The molecular formula is C24H39IN6O2. The van der Waals surface area contributed by atoms with Crippen LogP contribution in [0.15, 0.2) is 41.7 Å². The van der Waals surface area contributed by atoms with Crippen LogP contribution in [0.1, 0.15) is 38.0 Å². The van der Waals surface area contributed by atoms with Crippen LogP contribution in [-0.4, -0.2) is 78.0 Å². The number of para-hydroxylation sites is 1. The quantitative estimate of drug-likeness (QED) is 0.269. The molecule has 1 aromatic heterocycles. The molecule has 0 amide bonds. The van der Waals surface area contributed by atoms with Crippen molar-refractivity contribution in [3.8, 4) is 5.75 Å². The van der Waals surface area contributed by atoms with Crippen molar-refractivity contribution in [3.63, 3.8) is 0 Å². The zero-order valence-corrected chi connectivity index (χ0v) is 22.7. The summed E-state index contributed by atoms with van der Waals surface area (Å²) in [5, 5.41) is 7.73. The van der Waals surface area contributed by atoms with Gasteiger partial charge in [-0.3, -0.25) is 4.68 Å². The van der Waals surface area contributed by atoms with E-state index < -0.39 is 0 Å². The van der Waals surface area contributed by atoms with Crippen LogP contribution in [0.5, 0.6) is 5.75 Å². The van der Waals surface area contributed by atoms with Crippen molar-refractivity contribution in [2.45, 2.75) is 33.4 Å². The molecular weight excluding hydrogens is 531 g/mol. The van der Waals surface area contributed by atoms with Gasteiger partial charge in [0.25, 0.3) is 0 Å². The molecule has 1 atom stereocenters. The maximum Gasteiger partial charge on any atom is 0.194 e. The second-order valence-corrected chi connectivity index (χ2v) is 7.91. The number of benzene rings is 1. The number of nitrogens with one attached hydrogen (secondary N) is 1. The molecule has 1 aliphatic rings. The normalized spacial score (nSPS) is 16.6. The molecule has 8 nitrogen and oxygen atoms in total. The van der Waals surface area contributed by atoms with Crippen LogP contribution in [-0.2, 0) is 18.3 Å². The number of aromatic nitrogens is 2. The molecule has 1 unspecified atom stereocenters. The van der Waals surface area contributed by atoms with Gasteiger partial charge in [-0.25, -0.2) is 4.99 Å². The van der Waals surface area contributed by atoms with Gasteiger partial charge >= 0.3 is 0 Å². The van der Waals surface area contributed by atoms with Crippen molar-refractivity contribution < 1.29 is 9.47 Å². The molecule has 2 aromatic rings. The van der Waals surface area contributed by atoms with E-state index in [1.807, 2.05) is 42.3 Å². The summed E-state index contributed by atoms with van der Waals surface area (Å²) in [5.74, 6) is 1.82. The molecule has 0 bridgehead atoms. The number of halogens is 1. The predicted molar refractivity (Wildman–Crippen MR) is 143 cm³/mol. The van der Waals surface area contributed by atoms with Crippen molar-refractivity contribution in [1.29, 1.82) is 0 Å². The number of likely N-dealkylation sites (N-methyl/N-ethyl adjacent to an activating group) is 1. The third-order valence-corrected chi connectivity index (χ3v) is 5.73. The first-order valence-electron chi connectivity index (χ1n) is 11.7. The van der Waals surface area contributed by atoms with Crippen molar-refractivity contribution in [1.82, 2.24) is 24.9 Å². The van der Waals surface area contributed by atoms with Gasteiger partial charge in [0.05, 0.1) is 25.9 Å². The summed E-state index contributed by atoms with van der Waals surface area (Å²) in [7, 11) is 1.93. The number of morpholine rings is 1. The van der Waals surface area contributed by atoms with Gasteiger partial charge in [-0.05, 0) is 26.1 Å². The van der Waals surface area contributed by atoms with Gasteiger partial charge in [0, 0.05) is 44.0 Å². The molecule has 1 aromatic carbocycles. The first-order valence-corrected chi connectivity index (χ1v) is 11.7. The van der Waals surface area contributed by atoms with Crippen molar-refractivity contribution >= 4 is 29.9 Å². The van der Waals surface area contributed by atoms with Gasteiger partial charge in [0.2, 0.25) is 0 Å². The molecule has 3 rings (SSSR count). The third-order valence-electron chi connectivity index (χ3n) is 5.73. The second kappa shape index (κ2) is 14.4. The Balaban J connectivity index is 0.00000385. The lowest BCUT2D eigenvalue weighted by atomic mass is 10.1. The summed E-state index contributed by atoms with van der Waals surface area (Å²) >= 11 is 0. The van der Waals surface area contributed by atoms with Gasteiger partial charge < -0.3 is 24.6 Å². The van der Waals surface area contributed by atoms with E-state index in [0.29, 0.717) is 19.8 Å². The van der Waals surface area contributed by atoms with Crippen LogP contribution in [0.3, 0.4) is 0 Å². The number of nitrogens with zero attached hydrogens (tertiary/aromatic N) is 5. The summed E-state index contributed by atoms with van der Waals surface area (Å²) in [6.07, 6.45) is 3.89. The van der Waals surface area contributed by atoms with Gasteiger partial charge in [-0.2, -0.15) is 5.10 Å². The predicted octanol–water partition coefficient (Wildman–Crippen LogP) is 3.30. The average molecular weight is 571 g/mol. The first-order chi connectivity index (χ1) is 15.6. The second-order valence-electron chi connectivity index (χ2n) is 7.91. The fourth-order valence-corrected chi connectivity index (χ4v) is 3.84. The van der Waals surface area contributed by atoms with Crippen molar-refractivity contribution in [3.05, 3.63) is 47.8 Å². The van der Waals surface area contributed by atoms with E-state index >= 15 is 0 Å². The Morgan fingerprint density at radius 2 is 2.06 bits per heavy atom. The molecule has 0 aliphatic carbocycles. The molecule has 184 valence electrons. The van der Waals surface area contributed by atoms with Crippen molar-refractivity contribution in [2.24, 2.45) is 12.0 Å². The number of aliphatic imine (C=N–C) groups is 1. The minimum atomic E-state index is -0.00278. The van der Waals surface area contributed by atoms with E-state index in [9.17, 15) is 0 Å². The summed E-state index contributed by atoms with van der Waals surface area (Å²) in [6, 6.07) is 8.19. The van der Waals surface area contributed by atoms with Gasteiger partial charge in [-0.15, -0.1) is 24.0 Å². The van der Waals surface area contributed by atoms with Crippen LogP contribution < -0.4 is 10.1 Å². The van der Waals surface area contributed by atoms with E-state index in [1.165, 1.54) is 0 Å². The lowest BCUT2D eigenvalue weighted by molar-refractivity contribution is -0.00805. The van der Waals surface area contributed by atoms with Crippen LogP contribution >= 0.6 is 24.0 Å². The highest BCUT2D eigenvalue weighted by atomic mass is 127. The molecule has 1 N–H and O–H groups in total. The van der Waals surface area contributed by atoms with E-state index in [1.54, 1.807) is 0 Å². The lowest BCUT2D eigenvalue weighted by Gasteiger charge is -2.34. The standard InChI is InChI=1S/C24H38N6O2.HI/c1-5-25-24(30-13-15-32-23(19-30)21-17-27-28(4)18-21)26-16-20-10-8-9-11-22(20)31-14-12-29(6-2)7-3;/h8-11,17-18,23H,5-7,12-16,19H2,1-4H3,(H,25,26);1H. The Hall–Kier alpha value is -1.85. The highest BCUT2D eigenvalue weighted by molar-refractivity contribution is 14.0. The zero-order valence-electron chi connectivity index (χ0n) is 20.4. The Morgan fingerprint density at radius 3 is 2.76 bits per heavy atom. The summed E-state index contributed by atoms with van der Waals surface area (Å²) < 4.78 is 13.9. The molecule has 1 fully saturated rings. The van der Waals surface area contributed by atoms with Crippen LogP contribution in [0.4, 0.5) is 0 Å². The van der Waals surface area contributed by atoms with Crippen LogP contribution in [0.25, 0.3) is 0 Å². The maximum atomic E-state index is 6.11. The number of hydrogen-bond acceptors (Lipinski definition) is 5. The Morgan fingerprint density at radius 1 is 1.27 bits per heavy atom. The molecule has 0 radical (unpaired) electrons. The first kappa shape index (κ1) is 27.4. The van der Waals surface area contributed by atoms with E-state index in [4.69, 9.17) is 14.5 Å². The number of rotatable bonds is 10. The van der Waals surface area contributed by atoms with Crippen molar-refractivity contribution in [2.75, 3.05) is 52.5 Å². The van der Waals surface area contributed by atoms with E-state index in [0.717, 1.165) is 62.1 Å². The molecule has 1 saturated heterocycles. The summed E-state index contributed by atoms with van der Waals surface area (Å²) in [6.45, 7) is 13.7. The molecule has 0 saturated carbocycles. The number of aryl methyl sites for hydroxylation is 1. The fraction of sp³-hybridized carbons (Fsp3) is 0.583. The Labute approximate surface area is 215 Å². The molecule has 0 spiro atoms. The third kappa shape index (κ3) is 8.15. The highest BCUT2D eigenvalue weighted by Gasteiger charge is 2.25. The fourth-order valence-electron chi connectivity index (χ4n) is 3.84. The van der Waals surface area contributed by atoms with Gasteiger partial charge in [0.15, 0.2) is 5.96 Å². The number of hydrogen-bond donors (Lipinski definition) is 1. The van der Waals surface area contributed by atoms with Gasteiger partial charge in [-0.1, -0.05) is 32.0 Å². The summed E-state index contributed by atoms with van der Waals surface area (Å²) in [5.41, 5.74) is 2.19. The molecule has 9 heteroatoms. The monoisotopic (exact) mass is 570 g/mol. The van der Waals surface area contributed by atoms with Gasteiger partial charge in [0.1, 0.15) is 18.5 Å². The van der Waals surface area contributed by atoms with Crippen LogP contribution in [0, 0.1) is 0 Å². The average Bonchev–Trinajstić information content (AvgIpc) is 3.26. The molecule has 2 heterocycles. The Bertz CT molecular complexity index is 855. The Kier molecular flexibility index (Phi) is 12.0. The molecule has 33 heavy (non-hydrogen) atoms.